The van der Waals surface area contributed by atoms with Crippen molar-refractivity contribution in [1.29, 1.82) is 5.41 Å². The zero-order chi connectivity index (χ0) is 35.0. The second-order valence-corrected chi connectivity index (χ2v) is 11.0. The summed E-state index contributed by atoms with van der Waals surface area (Å²) in [5.74, 6) is 0.403. The number of hydrogen-bond acceptors (Lipinski definition) is 3. The Morgan fingerprint density at radius 3 is 2.04 bits per heavy atom. The molecule has 4 aromatic rings. The van der Waals surface area contributed by atoms with E-state index in [-0.39, 0.29) is 11.5 Å². The molecule has 0 saturated heterocycles. The highest BCUT2D eigenvalue weighted by atomic mass is 16.3. The largest absolute Gasteiger partial charge is 0.507 e. The number of nitrogens with one attached hydrogen (secondary N) is 1. The maximum Gasteiger partial charge on any atom is 0.123 e. The van der Waals surface area contributed by atoms with Crippen LogP contribution in [0.5, 0.6) is 11.5 Å². The van der Waals surface area contributed by atoms with Crippen LogP contribution in [0.3, 0.4) is 0 Å². The van der Waals surface area contributed by atoms with E-state index in [0.717, 1.165) is 44.5 Å². The minimum absolute atomic E-state index is 0.179. The summed E-state index contributed by atoms with van der Waals surface area (Å²) in [6.07, 6.45) is 24.8. The van der Waals surface area contributed by atoms with Gasteiger partial charge in [-0.3, -0.25) is 0 Å². The quantitative estimate of drug-likeness (QED) is 0.0949. The molecule has 0 unspecified atom stereocenters. The molecule has 0 bridgehead atoms. The van der Waals surface area contributed by atoms with Crippen LogP contribution in [0.1, 0.15) is 29.2 Å². The Balaban J connectivity index is 1.71. The third-order valence-corrected chi connectivity index (χ3v) is 7.64. The molecule has 3 heteroatoms. The minimum Gasteiger partial charge on any atom is -0.507 e. The van der Waals surface area contributed by atoms with Gasteiger partial charge in [0.1, 0.15) is 11.5 Å². The summed E-state index contributed by atoms with van der Waals surface area (Å²) >= 11 is 0. The molecule has 242 valence electrons. The first kappa shape index (κ1) is 35.4. The van der Waals surface area contributed by atoms with Crippen molar-refractivity contribution in [3.8, 4) is 22.6 Å². The van der Waals surface area contributed by atoms with Crippen molar-refractivity contribution in [2.24, 2.45) is 0 Å². The van der Waals surface area contributed by atoms with Crippen LogP contribution in [-0.4, -0.2) is 15.9 Å². The van der Waals surface area contributed by atoms with E-state index in [1.807, 2.05) is 134 Å². The lowest BCUT2D eigenvalue weighted by Gasteiger charge is -2.09. The second kappa shape index (κ2) is 18.0. The predicted octanol–water partition coefficient (Wildman–Crippen LogP) is 11.9. The molecule has 3 N–H and O–H groups in total. The maximum atomic E-state index is 10.5. The van der Waals surface area contributed by atoms with Crippen molar-refractivity contribution in [2.75, 3.05) is 0 Å². The molecule has 4 aromatic carbocycles. The molecule has 0 amide bonds. The van der Waals surface area contributed by atoms with Crippen molar-refractivity contribution in [3.63, 3.8) is 0 Å². The van der Waals surface area contributed by atoms with E-state index in [4.69, 9.17) is 5.41 Å². The standard InChI is InChI=1S/C46H41NO2/c1-5-8-19-39(40-20-15-21-41(33-40)43-23-12-14-25-46(43)49)32-35(18-10-9-17-34(4)42-22-11-13-24-45(42)48)26-31-44(47)38-29-27-37(28-30-38)36(7-3)16-6-2/h5-33,47-49H,2-4H2,1H3/b8-5-,17-9+,18-10+,31-26-,35-32+,36-16+,39-19+,47-44?. The third-order valence-electron chi connectivity index (χ3n) is 7.64. The number of rotatable bonds is 14. The molecule has 0 spiro atoms. The number of aromatic hydroxyl groups is 2. The second-order valence-electron chi connectivity index (χ2n) is 11.0. The van der Waals surface area contributed by atoms with E-state index in [9.17, 15) is 10.2 Å². The lowest BCUT2D eigenvalue weighted by atomic mass is 9.96. The molecule has 3 nitrogen and oxygen atoms in total. The Labute approximate surface area is 290 Å². The summed E-state index contributed by atoms with van der Waals surface area (Å²) in [7, 11) is 0. The normalized spacial score (nSPS) is 12.7. The first-order valence-corrected chi connectivity index (χ1v) is 15.9. The summed E-state index contributed by atoms with van der Waals surface area (Å²) in [6, 6.07) is 30.3. The molecule has 0 aromatic heterocycles. The first-order valence-electron chi connectivity index (χ1n) is 15.9. The fraction of sp³-hybridized carbons (Fsp3) is 0.0217. The van der Waals surface area contributed by atoms with Gasteiger partial charge in [-0.05, 0) is 81.8 Å². The Morgan fingerprint density at radius 1 is 0.653 bits per heavy atom. The van der Waals surface area contributed by atoms with Crippen LogP contribution < -0.4 is 0 Å². The van der Waals surface area contributed by atoms with Gasteiger partial charge in [0.25, 0.3) is 0 Å². The number of phenols is 2. The molecule has 0 aliphatic rings. The molecule has 49 heavy (non-hydrogen) atoms. The SMILES string of the molecule is C=C/C=C(\C=C)c1ccc(C(=N)\C=C/C(/C=C/C=C/C(=C)c2ccccc2O)=C/C(=C\C=C/C)c2cccc(-c3ccccc3O)c2)cc1. The molecule has 0 aliphatic carbocycles. The van der Waals surface area contributed by atoms with Crippen LogP contribution >= 0.6 is 0 Å². The average molecular weight is 640 g/mol. The maximum absolute atomic E-state index is 10.5. The van der Waals surface area contributed by atoms with Gasteiger partial charge in [0.05, 0.1) is 5.71 Å². The monoisotopic (exact) mass is 639 g/mol. The van der Waals surface area contributed by atoms with Crippen molar-refractivity contribution in [2.45, 2.75) is 6.92 Å². The zero-order valence-corrected chi connectivity index (χ0v) is 27.8. The third kappa shape index (κ3) is 10.0. The van der Waals surface area contributed by atoms with E-state index in [1.165, 1.54) is 0 Å². The molecular formula is C46H41NO2. The first-order chi connectivity index (χ1) is 23.8. The van der Waals surface area contributed by atoms with Gasteiger partial charge in [-0.15, -0.1) is 0 Å². The molecule has 0 saturated carbocycles. The number of allylic oxidation sites excluding steroid dienone is 17. The molecule has 0 atom stereocenters. The summed E-state index contributed by atoms with van der Waals surface area (Å²) in [6.45, 7) is 13.7. The zero-order valence-electron chi connectivity index (χ0n) is 27.8. The molecule has 0 heterocycles. The van der Waals surface area contributed by atoms with Crippen molar-refractivity contribution in [1.82, 2.24) is 0 Å². The number of para-hydroxylation sites is 2. The van der Waals surface area contributed by atoms with Crippen LogP contribution in [0.15, 0.2) is 201 Å². The van der Waals surface area contributed by atoms with Crippen molar-refractivity contribution < 1.29 is 10.2 Å². The lowest BCUT2D eigenvalue weighted by molar-refractivity contribution is 0.473. The van der Waals surface area contributed by atoms with Crippen molar-refractivity contribution >= 4 is 22.4 Å². The highest BCUT2D eigenvalue weighted by Gasteiger charge is 2.07. The molecule has 0 aliphatic heterocycles. The van der Waals surface area contributed by atoms with E-state index in [1.54, 1.807) is 36.4 Å². The summed E-state index contributed by atoms with van der Waals surface area (Å²) in [5, 5.41) is 29.6. The van der Waals surface area contributed by atoms with Crippen molar-refractivity contribution in [3.05, 3.63) is 224 Å². The fourth-order valence-electron chi connectivity index (χ4n) is 5.04. The average Bonchev–Trinajstić information content (AvgIpc) is 3.13. The van der Waals surface area contributed by atoms with Gasteiger partial charge in [0, 0.05) is 11.1 Å². The van der Waals surface area contributed by atoms with Gasteiger partial charge in [-0.25, -0.2) is 0 Å². The van der Waals surface area contributed by atoms with Gasteiger partial charge >= 0.3 is 0 Å². The van der Waals surface area contributed by atoms with Crippen LogP contribution in [-0.2, 0) is 0 Å². The van der Waals surface area contributed by atoms with Crippen LogP contribution in [0, 0.1) is 5.41 Å². The number of phenolic OH excluding ortho intramolecular Hbond substituents is 2. The van der Waals surface area contributed by atoms with Gasteiger partial charge in [0.2, 0.25) is 0 Å². The van der Waals surface area contributed by atoms with Gasteiger partial charge < -0.3 is 15.6 Å². The van der Waals surface area contributed by atoms with Crippen LogP contribution in [0.4, 0.5) is 0 Å². The molecule has 0 fully saturated rings. The Morgan fingerprint density at radius 2 is 1.35 bits per heavy atom. The van der Waals surface area contributed by atoms with E-state index in [0.29, 0.717) is 16.8 Å². The Kier molecular flexibility index (Phi) is 13.0. The number of hydrogen-bond donors (Lipinski definition) is 3. The summed E-state index contributed by atoms with van der Waals surface area (Å²) in [4.78, 5) is 0. The van der Waals surface area contributed by atoms with E-state index in [2.05, 4.69) is 31.9 Å². The minimum atomic E-state index is 0.179. The highest BCUT2D eigenvalue weighted by Crippen LogP contribution is 2.31. The lowest BCUT2D eigenvalue weighted by Crippen LogP contribution is -1.95. The topological polar surface area (TPSA) is 64.3 Å². The molecular weight excluding hydrogens is 599 g/mol. The summed E-state index contributed by atoms with van der Waals surface area (Å²) < 4.78 is 0. The summed E-state index contributed by atoms with van der Waals surface area (Å²) in [5.41, 5.74) is 8.90. The smallest absolute Gasteiger partial charge is 0.123 e. The van der Waals surface area contributed by atoms with E-state index < -0.39 is 0 Å². The fourth-order valence-corrected chi connectivity index (χ4v) is 5.04. The highest BCUT2D eigenvalue weighted by molar-refractivity contribution is 6.07. The van der Waals surface area contributed by atoms with Gasteiger partial charge in [0.15, 0.2) is 0 Å². The molecule has 4 rings (SSSR count). The van der Waals surface area contributed by atoms with Gasteiger partial charge in [-0.2, -0.15) is 0 Å². The number of benzene rings is 4. The Hall–Kier alpha value is -6.45. The van der Waals surface area contributed by atoms with E-state index >= 15 is 0 Å². The van der Waals surface area contributed by atoms with Crippen LogP contribution in [0.2, 0.25) is 0 Å². The Bertz CT molecular complexity index is 2040. The van der Waals surface area contributed by atoms with Gasteiger partial charge in [-0.1, -0.05) is 165 Å². The van der Waals surface area contributed by atoms with Crippen LogP contribution in [0.25, 0.3) is 27.8 Å². The predicted molar refractivity (Wildman–Crippen MR) is 211 cm³/mol. The molecule has 0 radical (unpaired) electrons.